The highest BCUT2D eigenvalue weighted by Crippen LogP contribution is 2.43. The van der Waals surface area contributed by atoms with Crippen LogP contribution in [0.25, 0.3) is 0 Å². The fraction of sp³-hybridized carbons (Fsp3) is 0.176. The Morgan fingerprint density at radius 1 is 1.09 bits per heavy atom. The third kappa shape index (κ3) is 3.63. The summed E-state index contributed by atoms with van der Waals surface area (Å²) in [5.74, 6) is -0.251. The number of hydrogen-bond donors (Lipinski definition) is 0. The van der Waals surface area contributed by atoms with Crippen molar-refractivity contribution in [1.29, 1.82) is 0 Å². The van der Waals surface area contributed by atoms with Crippen LogP contribution in [0.1, 0.15) is 22.1 Å². The maximum atomic E-state index is 13.2. The first-order valence-corrected chi connectivity index (χ1v) is 7.01. The molecule has 1 nitrogen and oxygen atoms in total. The minimum Gasteiger partial charge on any atom is -0.489 e. The molecular weight excluding hydrogens is 313 g/mol. The van der Waals surface area contributed by atoms with Gasteiger partial charge >= 0.3 is 6.18 Å². The molecule has 0 amide bonds. The van der Waals surface area contributed by atoms with Crippen molar-refractivity contribution >= 4 is 11.6 Å². The Labute approximate surface area is 132 Å². The summed E-state index contributed by atoms with van der Waals surface area (Å²) in [6.45, 7) is 3.43. The Balaban J connectivity index is 2.52. The highest BCUT2D eigenvalue weighted by atomic mass is 35.5. The van der Waals surface area contributed by atoms with Gasteiger partial charge in [-0.3, -0.25) is 0 Å². The molecule has 5 heteroatoms. The van der Waals surface area contributed by atoms with E-state index in [2.05, 4.69) is 6.58 Å². The van der Waals surface area contributed by atoms with E-state index in [0.29, 0.717) is 5.56 Å². The Morgan fingerprint density at radius 3 is 2.36 bits per heavy atom. The molecule has 1 unspecified atom stereocenters. The van der Waals surface area contributed by atoms with E-state index in [0.717, 1.165) is 6.07 Å². The Morgan fingerprint density at radius 2 is 1.77 bits per heavy atom. The van der Waals surface area contributed by atoms with E-state index in [1.807, 2.05) is 6.07 Å². The van der Waals surface area contributed by atoms with Crippen LogP contribution in [0.15, 0.2) is 61.2 Å². The van der Waals surface area contributed by atoms with Gasteiger partial charge in [0, 0.05) is 5.56 Å². The fourth-order valence-corrected chi connectivity index (χ4v) is 2.40. The summed E-state index contributed by atoms with van der Waals surface area (Å²) in [6, 6.07) is 12.7. The first kappa shape index (κ1) is 16.4. The lowest BCUT2D eigenvalue weighted by Gasteiger charge is -2.20. The summed E-state index contributed by atoms with van der Waals surface area (Å²) >= 11 is 6.36. The van der Waals surface area contributed by atoms with Gasteiger partial charge < -0.3 is 4.74 Å². The summed E-state index contributed by atoms with van der Waals surface area (Å²) in [5, 5.41) is -0.733. The Hall–Kier alpha value is -1.94. The molecule has 0 aliphatic heterocycles. The summed E-state index contributed by atoms with van der Waals surface area (Å²) in [4.78, 5) is 0. The molecule has 0 saturated carbocycles. The average Bonchev–Trinajstić information content (AvgIpc) is 2.51. The summed E-state index contributed by atoms with van der Waals surface area (Å²) < 4.78 is 44.8. The van der Waals surface area contributed by atoms with Gasteiger partial charge in [0.1, 0.15) is 12.4 Å². The van der Waals surface area contributed by atoms with E-state index in [-0.39, 0.29) is 17.9 Å². The van der Waals surface area contributed by atoms with Gasteiger partial charge in [-0.25, -0.2) is 0 Å². The number of benzene rings is 2. The van der Waals surface area contributed by atoms with Crippen LogP contribution in [0.5, 0.6) is 5.75 Å². The van der Waals surface area contributed by atoms with E-state index < -0.39 is 17.1 Å². The lowest BCUT2D eigenvalue weighted by Crippen LogP contribution is -2.11. The number of rotatable bonds is 5. The number of para-hydroxylation sites is 1. The van der Waals surface area contributed by atoms with Gasteiger partial charge in [-0.15, -0.1) is 11.6 Å². The third-order valence-electron chi connectivity index (χ3n) is 3.06. The summed E-state index contributed by atoms with van der Waals surface area (Å²) in [5.41, 5.74) is 0.143. The standard InChI is InChI=1S/C17H14ClF3O/c1-2-11-22-16-13(9-6-10-14(16)17(19,20)21)15(18)12-7-4-3-5-8-12/h2-10,15H,1,11H2. The lowest BCUT2D eigenvalue weighted by atomic mass is 10.0. The highest BCUT2D eigenvalue weighted by Gasteiger charge is 2.36. The number of ether oxygens (including phenoxy) is 1. The molecule has 2 aromatic rings. The smallest absolute Gasteiger partial charge is 0.419 e. The molecule has 0 bridgehead atoms. The second kappa shape index (κ2) is 6.88. The van der Waals surface area contributed by atoms with Crippen molar-refractivity contribution in [3.05, 3.63) is 77.9 Å². The number of hydrogen-bond acceptors (Lipinski definition) is 1. The van der Waals surface area contributed by atoms with Crippen molar-refractivity contribution in [2.24, 2.45) is 0 Å². The minimum absolute atomic E-state index is 0.0293. The van der Waals surface area contributed by atoms with Crippen molar-refractivity contribution in [3.8, 4) is 5.75 Å². The summed E-state index contributed by atoms with van der Waals surface area (Å²) in [6.07, 6.45) is -3.12. The molecule has 2 rings (SSSR count). The van der Waals surface area contributed by atoms with Gasteiger partial charge in [0.2, 0.25) is 0 Å². The zero-order chi connectivity index (χ0) is 16.2. The van der Waals surface area contributed by atoms with Crippen molar-refractivity contribution in [1.82, 2.24) is 0 Å². The van der Waals surface area contributed by atoms with Gasteiger partial charge in [0.15, 0.2) is 0 Å². The van der Waals surface area contributed by atoms with Crippen LogP contribution in [0.2, 0.25) is 0 Å². The monoisotopic (exact) mass is 326 g/mol. The van der Waals surface area contributed by atoms with Crippen molar-refractivity contribution in [2.45, 2.75) is 11.6 Å². The van der Waals surface area contributed by atoms with Crippen LogP contribution in [0, 0.1) is 0 Å². The molecule has 22 heavy (non-hydrogen) atoms. The molecule has 0 aliphatic rings. The molecule has 0 fully saturated rings. The normalized spacial score (nSPS) is 12.7. The molecule has 0 radical (unpaired) electrons. The Kier molecular flexibility index (Phi) is 5.14. The summed E-state index contributed by atoms with van der Waals surface area (Å²) in [7, 11) is 0. The predicted octanol–water partition coefficient (Wildman–Crippen LogP) is 5.60. The van der Waals surface area contributed by atoms with Crippen LogP contribution in [-0.4, -0.2) is 6.61 Å². The molecule has 116 valence electrons. The molecule has 0 aromatic heterocycles. The van der Waals surface area contributed by atoms with Gasteiger partial charge in [-0.1, -0.05) is 55.1 Å². The van der Waals surface area contributed by atoms with Crippen molar-refractivity contribution < 1.29 is 17.9 Å². The maximum Gasteiger partial charge on any atom is 0.419 e. The molecule has 2 aromatic carbocycles. The van der Waals surface area contributed by atoms with Crippen LogP contribution in [0.4, 0.5) is 13.2 Å². The average molecular weight is 327 g/mol. The van der Waals surface area contributed by atoms with Gasteiger partial charge in [0.25, 0.3) is 0 Å². The maximum absolute atomic E-state index is 13.2. The molecule has 1 atom stereocenters. The van der Waals surface area contributed by atoms with Crippen LogP contribution >= 0.6 is 11.6 Å². The molecule has 0 N–H and O–H groups in total. The van der Waals surface area contributed by atoms with Crippen LogP contribution in [-0.2, 0) is 6.18 Å². The van der Waals surface area contributed by atoms with E-state index in [1.165, 1.54) is 12.1 Å². The molecular formula is C17H14ClF3O. The van der Waals surface area contributed by atoms with Gasteiger partial charge in [-0.2, -0.15) is 13.2 Å². The second-order valence-corrected chi connectivity index (χ2v) is 5.03. The first-order chi connectivity index (χ1) is 10.4. The lowest BCUT2D eigenvalue weighted by molar-refractivity contribution is -0.138. The quantitative estimate of drug-likeness (QED) is 0.513. The molecule has 0 spiro atoms. The first-order valence-electron chi connectivity index (χ1n) is 6.58. The minimum atomic E-state index is -4.51. The van der Waals surface area contributed by atoms with Crippen LogP contribution < -0.4 is 4.74 Å². The molecule has 0 heterocycles. The van der Waals surface area contributed by atoms with Crippen LogP contribution in [0.3, 0.4) is 0 Å². The molecule has 0 saturated heterocycles. The fourth-order valence-electron chi connectivity index (χ4n) is 2.08. The largest absolute Gasteiger partial charge is 0.489 e. The zero-order valence-electron chi connectivity index (χ0n) is 11.6. The van der Waals surface area contributed by atoms with E-state index in [9.17, 15) is 13.2 Å². The van der Waals surface area contributed by atoms with Crippen molar-refractivity contribution in [3.63, 3.8) is 0 Å². The SMILES string of the molecule is C=CCOc1c(C(Cl)c2ccccc2)cccc1C(F)(F)F. The molecule has 0 aliphatic carbocycles. The van der Waals surface area contributed by atoms with Crippen molar-refractivity contribution in [2.75, 3.05) is 6.61 Å². The van der Waals surface area contributed by atoms with E-state index >= 15 is 0 Å². The topological polar surface area (TPSA) is 9.23 Å². The zero-order valence-corrected chi connectivity index (χ0v) is 12.4. The van der Waals surface area contributed by atoms with E-state index in [4.69, 9.17) is 16.3 Å². The predicted molar refractivity (Wildman–Crippen MR) is 81.3 cm³/mol. The van der Waals surface area contributed by atoms with Gasteiger partial charge in [-0.05, 0) is 11.6 Å². The number of alkyl halides is 4. The second-order valence-electron chi connectivity index (χ2n) is 4.59. The van der Waals surface area contributed by atoms with E-state index in [1.54, 1.807) is 30.3 Å². The van der Waals surface area contributed by atoms with Gasteiger partial charge in [0.05, 0.1) is 10.9 Å². The number of halogens is 4. The highest BCUT2D eigenvalue weighted by molar-refractivity contribution is 6.22. The third-order valence-corrected chi connectivity index (χ3v) is 3.55. The Bertz CT molecular complexity index is 638.